The smallest absolute Gasteiger partial charge is 0.411 e. The molecule has 1 aromatic carbocycles. The lowest BCUT2D eigenvalue weighted by Crippen LogP contribution is -2.14. The van der Waals surface area contributed by atoms with E-state index in [1.54, 1.807) is 19.1 Å². The van der Waals surface area contributed by atoms with E-state index in [-0.39, 0.29) is 0 Å². The molecule has 0 spiro atoms. The van der Waals surface area contributed by atoms with Crippen molar-refractivity contribution in [3.05, 3.63) is 22.7 Å². The predicted molar refractivity (Wildman–Crippen MR) is 85.0 cm³/mol. The van der Waals surface area contributed by atoms with Crippen molar-refractivity contribution in [1.82, 2.24) is 0 Å². The summed E-state index contributed by atoms with van der Waals surface area (Å²) in [7, 11) is 0. The second-order valence-electron chi connectivity index (χ2n) is 4.23. The Morgan fingerprint density at radius 1 is 1.33 bits per heavy atom. The van der Waals surface area contributed by atoms with Gasteiger partial charge in [-0.25, -0.2) is 4.79 Å². The van der Waals surface area contributed by atoms with Gasteiger partial charge in [0.2, 0.25) is 0 Å². The lowest BCUT2D eigenvalue weighted by molar-refractivity contribution is 0.168. The number of carbonyl (C=O) groups excluding carboxylic acids is 1. The van der Waals surface area contributed by atoms with Gasteiger partial charge in [-0.05, 0) is 26.0 Å². The molecule has 0 aliphatic heterocycles. The molecule has 0 saturated carbocycles. The van der Waals surface area contributed by atoms with Crippen LogP contribution in [0.5, 0.6) is 5.75 Å². The van der Waals surface area contributed by atoms with Crippen LogP contribution in [-0.4, -0.2) is 19.3 Å². The van der Waals surface area contributed by atoms with Crippen molar-refractivity contribution in [3.8, 4) is 17.6 Å². The fourth-order valence-corrected chi connectivity index (χ4v) is 1.84. The van der Waals surface area contributed by atoms with Crippen LogP contribution in [0.2, 0.25) is 5.02 Å². The van der Waals surface area contributed by atoms with Crippen molar-refractivity contribution in [2.45, 2.75) is 33.6 Å². The van der Waals surface area contributed by atoms with Crippen LogP contribution in [0.1, 0.15) is 32.3 Å². The summed E-state index contributed by atoms with van der Waals surface area (Å²) in [5.41, 5.74) is 1.38. The summed E-state index contributed by atoms with van der Waals surface area (Å²) in [6.45, 7) is 6.39. The maximum atomic E-state index is 11.5. The standard InChI is InChI=1S/C16H20ClNO3/c1-4-6-7-8-9-21-15-11-13(17)10-14(12(15)3)18-16(19)20-5-2/h10-11H,4-5,8-9H2,1-3H3,(H,18,19). The number of anilines is 1. The number of ether oxygens (including phenoxy) is 2. The van der Waals surface area contributed by atoms with Crippen LogP contribution < -0.4 is 10.1 Å². The molecule has 0 bridgehead atoms. The Morgan fingerprint density at radius 3 is 2.76 bits per heavy atom. The maximum absolute atomic E-state index is 11.5. The molecule has 5 heteroatoms. The minimum atomic E-state index is -0.511. The Kier molecular flexibility index (Phi) is 7.49. The Bertz CT molecular complexity index is 546. The van der Waals surface area contributed by atoms with Gasteiger partial charge in [0.1, 0.15) is 5.75 Å². The predicted octanol–water partition coefficient (Wildman–Crippen LogP) is 4.40. The van der Waals surface area contributed by atoms with Gasteiger partial charge in [0.05, 0.1) is 18.9 Å². The minimum absolute atomic E-state index is 0.310. The van der Waals surface area contributed by atoms with Crippen LogP contribution in [0.15, 0.2) is 12.1 Å². The molecule has 0 aromatic heterocycles. The zero-order valence-electron chi connectivity index (χ0n) is 12.6. The number of hydrogen-bond donors (Lipinski definition) is 1. The summed E-state index contributed by atoms with van der Waals surface area (Å²) >= 11 is 6.04. The average molecular weight is 310 g/mol. The first kappa shape index (κ1) is 17.2. The molecule has 0 atom stereocenters. The molecule has 21 heavy (non-hydrogen) atoms. The van der Waals surface area contributed by atoms with E-state index in [1.807, 2.05) is 13.8 Å². The largest absolute Gasteiger partial charge is 0.492 e. The topological polar surface area (TPSA) is 47.6 Å². The highest BCUT2D eigenvalue weighted by Crippen LogP contribution is 2.30. The molecule has 0 fully saturated rings. The first-order valence-corrected chi connectivity index (χ1v) is 7.28. The Balaban J connectivity index is 2.76. The number of nitrogens with one attached hydrogen (secondary N) is 1. The van der Waals surface area contributed by atoms with Gasteiger partial charge in [-0.1, -0.05) is 24.4 Å². The molecule has 4 nitrogen and oxygen atoms in total. The number of halogens is 1. The lowest BCUT2D eigenvalue weighted by Gasteiger charge is -2.13. The Morgan fingerprint density at radius 2 is 2.10 bits per heavy atom. The van der Waals surface area contributed by atoms with Gasteiger partial charge < -0.3 is 9.47 Å². The quantitative estimate of drug-likeness (QED) is 0.648. The molecule has 0 aliphatic rings. The molecule has 0 saturated heterocycles. The van der Waals surface area contributed by atoms with Crippen LogP contribution in [0.3, 0.4) is 0 Å². The summed E-state index contributed by atoms with van der Waals surface area (Å²) in [5, 5.41) is 3.14. The first-order valence-electron chi connectivity index (χ1n) is 6.90. The van der Waals surface area contributed by atoms with Crippen molar-refractivity contribution in [3.63, 3.8) is 0 Å². The third-order valence-electron chi connectivity index (χ3n) is 2.62. The van der Waals surface area contributed by atoms with E-state index in [9.17, 15) is 4.79 Å². The fraction of sp³-hybridized carbons (Fsp3) is 0.438. The third-order valence-corrected chi connectivity index (χ3v) is 2.84. The van der Waals surface area contributed by atoms with E-state index in [1.165, 1.54) is 0 Å². The highest BCUT2D eigenvalue weighted by Gasteiger charge is 2.11. The summed E-state index contributed by atoms with van der Waals surface area (Å²) in [4.78, 5) is 11.5. The molecule has 0 radical (unpaired) electrons. The van der Waals surface area contributed by atoms with E-state index in [4.69, 9.17) is 21.1 Å². The van der Waals surface area contributed by atoms with E-state index in [2.05, 4.69) is 17.2 Å². The molecule has 1 aromatic rings. The van der Waals surface area contributed by atoms with Gasteiger partial charge in [-0.15, -0.1) is 5.92 Å². The van der Waals surface area contributed by atoms with E-state index >= 15 is 0 Å². The van der Waals surface area contributed by atoms with Gasteiger partial charge in [-0.2, -0.15) is 0 Å². The van der Waals surface area contributed by atoms with Gasteiger partial charge in [-0.3, -0.25) is 5.32 Å². The molecule has 114 valence electrons. The van der Waals surface area contributed by atoms with Crippen molar-refractivity contribution < 1.29 is 14.3 Å². The highest BCUT2D eigenvalue weighted by molar-refractivity contribution is 6.31. The van der Waals surface area contributed by atoms with E-state index in [0.717, 1.165) is 12.0 Å². The number of carbonyl (C=O) groups is 1. The second kappa shape index (κ2) is 9.15. The Hall–Kier alpha value is -1.86. The van der Waals surface area contributed by atoms with Gasteiger partial charge >= 0.3 is 6.09 Å². The number of hydrogen-bond acceptors (Lipinski definition) is 3. The monoisotopic (exact) mass is 309 g/mol. The molecule has 0 unspecified atom stereocenters. The normalized spacial score (nSPS) is 9.52. The fourth-order valence-electron chi connectivity index (χ4n) is 1.64. The zero-order chi connectivity index (χ0) is 15.7. The molecule has 1 amide bonds. The van der Waals surface area contributed by atoms with Crippen molar-refractivity contribution in [1.29, 1.82) is 0 Å². The highest BCUT2D eigenvalue weighted by atomic mass is 35.5. The summed E-state index contributed by atoms with van der Waals surface area (Å²) in [6.07, 6.45) is 0.979. The summed E-state index contributed by atoms with van der Waals surface area (Å²) in [5.74, 6) is 6.62. The molecular formula is C16H20ClNO3. The summed E-state index contributed by atoms with van der Waals surface area (Å²) < 4.78 is 10.5. The second-order valence-corrected chi connectivity index (χ2v) is 4.66. The van der Waals surface area contributed by atoms with E-state index in [0.29, 0.717) is 36.1 Å². The van der Waals surface area contributed by atoms with Crippen LogP contribution in [-0.2, 0) is 4.74 Å². The van der Waals surface area contributed by atoms with Crippen LogP contribution in [0.4, 0.5) is 10.5 Å². The minimum Gasteiger partial charge on any atom is -0.492 e. The molecule has 1 N–H and O–H groups in total. The first-order chi connectivity index (χ1) is 10.1. The third kappa shape index (κ3) is 5.97. The van der Waals surface area contributed by atoms with Gasteiger partial charge in [0.15, 0.2) is 0 Å². The molecular weight excluding hydrogens is 290 g/mol. The number of benzene rings is 1. The SMILES string of the molecule is CCC#CCCOc1cc(Cl)cc(NC(=O)OCC)c1C. The van der Waals surface area contributed by atoms with Crippen LogP contribution >= 0.6 is 11.6 Å². The maximum Gasteiger partial charge on any atom is 0.411 e. The average Bonchev–Trinajstić information content (AvgIpc) is 2.43. The molecule has 0 aliphatic carbocycles. The lowest BCUT2D eigenvalue weighted by atomic mass is 10.2. The number of amides is 1. The van der Waals surface area contributed by atoms with Crippen molar-refractivity contribution >= 4 is 23.4 Å². The van der Waals surface area contributed by atoms with Crippen LogP contribution in [0.25, 0.3) is 0 Å². The van der Waals surface area contributed by atoms with Gasteiger partial charge in [0, 0.05) is 23.4 Å². The molecule has 0 heterocycles. The van der Waals surface area contributed by atoms with Crippen molar-refractivity contribution in [2.75, 3.05) is 18.5 Å². The molecule has 1 rings (SSSR count). The number of rotatable bonds is 5. The van der Waals surface area contributed by atoms with E-state index < -0.39 is 6.09 Å². The Labute approximate surface area is 130 Å². The van der Waals surface area contributed by atoms with Crippen molar-refractivity contribution in [2.24, 2.45) is 0 Å². The van der Waals surface area contributed by atoms with Gasteiger partial charge in [0.25, 0.3) is 0 Å². The summed E-state index contributed by atoms with van der Waals surface area (Å²) in [6, 6.07) is 3.39. The zero-order valence-corrected chi connectivity index (χ0v) is 13.3. The van der Waals surface area contributed by atoms with Crippen LogP contribution in [0, 0.1) is 18.8 Å².